The van der Waals surface area contributed by atoms with Gasteiger partial charge in [0.25, 0.3) is 0 Å². The van der Waals surface area contributed by atoms with E-state index >= 15 is 0 Å². The minimum absolute atomic E-state index is 0. The molecule has 324 valence electrons. The van der Waals surface area contributed by atoms with Crippen molar-refractivity contribution in [1.82, 2.24) is 0 Å². The summed E-state index contributed by atoms with van der Waals surface area (Å²) in [4.78, 5) is 0. The average molecular weight is 1080 g/mol. The third-order valence-electron chi connectivity index (χ3n) is 5.81. The van der Waals surface area contributed by atoms with E-state index in [0.29, 0.717) is 39.6 Å². The van der Waals surface area contributed by atoms with Crippen molar-refractivity contribution in [1.29, 1.82) is 0 Å². The van der Waals surface area contributed by atoms with E-state index in [4.69, 9.17) is 28.4 Å². The van der Waals surface area contributed by atoms with Crippen LogP contribution in [0.3, 0.4) is 0 Å². The predicted octanol–water partition coefficient (Wildman–Crippen LogP) is 12.1. The zero-order valence-corrected chi connectivity index (χ0v) is 45.5. The second-order valence-corrected chi connectivity index (χ2v) is 16.8. The van der Waals surface area contributed by atoms with Gasteiger partial charge in [-0.25, -0.2) is 0 Å². The van der Waals surface area contributed by atoms with E-state index in [9.17, 15) is 0 Å². The number of hydrogen-bond acceptors (Lipinski definition) is 18. The Labute approximate surface area is 417 Å². The van der Waals surface area contributed by atoms with Gasteiger partial charge in [0, 0.05) is 26.3 Å². The van der Waals surface area contributed by atoms with E-state index in [0.717, 1.165) is 38.5 Å². The van der Waals surface area contributed by atoms with Crippen LogP contribution in [-0.2, 0) is 125 Å². The van der Waals surface area contributed by atoms with Crippen LogP contribution in [0.5, 0.6) is 0 Å². The number of unbranched alkanes of at least 4 members (excludes halogenated alkanes) is 12. The van der Waals surface area contributed by atoms with E-state index in [1.807, 2.05) is 0 Å². The molecule has 0 aromatic carbocycles. The second-order valence-electron chi connectivity index (χ2n) is 10.8. The fourth-order valence-corrected chi connectivity index (χ4v) is 4.05. The Balaban J connectivity index is -0.000000100. The molecule has 0 heterocycles. The van der Waals surface area contributed by atoms with Crippen molar-refractivity contribution in [2.24, 2.45) is 0 Å². The Morgan fingerprint density at radius 1 is 0.273 bits per heavy atom. The molecular formula is C36H66MoO6S12. The maximum absolute atomic E-state index is 4.89. The van der Waals surface area contributed by atoms with Gasteiger partial charge in [0.1, 0.15) is 0 Å². The van der Waals surface area contributed by atoms with Gasteiger partial charge >= 0.3 is 21.1 Å². The fraction of sp³-hybridized carbons (Fsp3) is 0.833. The van der Waals surface area contributed by atoms with Crippen molar-refractivity contribution in [2.75, 3.05) is 39.6 Å². The third kappa shape index (κ3) is 113. The SMILES string of the molecule is CCCCCOC(=S)[S-].CCCCCOC(=S)[S-].CCCCCOC(=S)[S-].CCCCCOC(=S)[S-].CCCCCOC(=S)[S-].CCCCCOC(=S)[S-].[Mo+6]. The normalized spacial score (nSPS) is 8.84. The molecule has 0 aliphatic heterocycles. The molecule has 19 heteroatoms. The monoisotopic (exact) mass is 1080 g/mol. The summed E-state index contributed by atoms with van der Waals surface area (Å²) in [5, 5.41) is 0. The summed E-state index contributed by atoms with van der Waals surface area (Å²) in [6.07, 6.45) is 20.7. The number of hydrogen-bond donors (Lipinski definition) is 0. The third-order valence-corrected chi connectivity index (χ3v) is 7.22. The summed E-state index contributed by atoms with van der Waals surface area (Å²) in [5.74, 6) is 0. The molecule has 0 saturated heterocycles. The summed E-state index contributed by atoms with van der Waals surface area (Å²) < 4.78 is 30.8. The number of ether oxygens (including phenoxy) is 6. The quantitative estimate of drug-likeness (QED) is 0.0399. The Morgan fingerprint density at radius 2 is 0.382 bits per heavy atom. The topological polar surface area (TPSA) is 55.4 Å². The Morgan fingerprint density at radius 3 is 0.455 bits per heavy atom. The largest absolute Gasteiger partial charge is 6.00 e. The van der Waals surface area contributed by atoms with Crippen molar-refractivity contribution < 1.29 is 49.5 Å². The first-order valence-electron chi connectivity index (χ1n) is 18.6. The predicted molar refractivity (Wildman–Crippen MR) is 273 cm³/mol. The van der Waals surface area contributed by atoms with E-state index in [-0.39, 0.29) is 47.4 Å². The van der Waals surface area contributed by atoms with Gasteiger partial charge in [-0.1, -0.05) is 119 Å². The number of rotatable bonds is 24. The maximum atomic E-state index is 4.89. The van der Waals surface area contributed by atoms with Crippen molar-refractivity contribution in [3.05, 3.63) is 0 Å². The first-order valence-corrected chi connectivity index (χ1v) is 23.5. The zero-order valence-electron chi connectivity index (χ0n) is 33.7. The molecule has 0 fully saturated rings. The Bertz CT molecular complexity index is 677. The first kappa shape index (κ1) is 70.9. The molecule has 0 aromatic rings. The summed E-state index contributed by atoms with van der Waals surface area (Å²) in [5.41, 5.74) is 0. The molecule has 0 atom stereocenters. The molecule has 0 aliphatic rings. The van der Waals surface area contributed by atoms with Crippen LogP contribution >= 0.6 is 73.3 Å². The Kier molecular flexibility index (Phi) is 86.5. The molecule has 0 aliphatic carbocycles. The van der Waals surface area contributed by atoms with E-state index < -0.39 is 0 Å². The van der Waals surface area contributed by atoms with E-state index in [2.05, 4.69) is 191 Å². The molecule has 0 spiro atoms. The molecule has 0 amide bonds. The molecule has 0 radical (unpaired) electrons. The van der Waals surface area contributed by atoms with Crippen molar-refractivity contribution in [2.45, 2.75) is 157 Å². The second kappa shape index (κ2) is 67.1. The summed E-state index contributed by atoms with van der Waals surface area (Å²) in [6, 6.07) is 0. The minimum Gasteiger partial charge on any atom is -0.514 e. The van der Waals surface area contributed by atoms with Crippen LogP contribution in [-0.4, -0.2) is 65.9 Å². The summed E-state index contributed by atoms with van der Waals surface area (Å²) in [6.45, 7) is 17.0. The smallest absolute Gasteiger partial charge is 0.514 e. The molecule has 0 saturated carbocycles. The zero-order chi connectivity index (χ0) is 42.7. The molecule has 0 aromatic heterocycles. The maximum Gasteiger partial charge on any atom is 6.00 e. The fourth-order valence-electron chi connectivity index (χ4n) is 3.05. The van der Waals surface area contributed by atoms with Crippen LogP contribution < -0.4 is 0 Å². The molecule has 0 unspecified atom stereocenters. The van der Waals surface area contributed by atoms with Crippen molar-refractivity contribution in [3.63, 3.8) is 0 Å². The van der Waals surface area contributed by atoms with Crippen LogP contribution in [0.15, 0.2) is 0 Å². The van der Waals surface area contributed by atoms with Crippen LogP contribution in [0, 0.1) is 0 Å². The van der Waals surface area contributed by atoms with Gasteiger partial charge in [-0.05, 0) is 38.5 Å². The molecule has 6 nitrogen and oxygen atoms in total. The van der Waals surface area contributed by atoms with Crippen molar-refractivity contribution >= 4 is 175 Å². The molecule has 0 N–H and O–H groups in total. The van der Waals surface area contributed by atoms with Gasteiger partial charge in [0.15, 0.2) is 0 Å². The van der Waals surface area contributed by atoms with Gasteiger partial charge in [0.05, 0.1) is 39.6 Å². The van der Waals surface area contributed by atoms with E-state index in [1.165, 1.54) is 77.0 Å². The molecule has 0 bridgehead atoms. The van der Waals surface area contributed by atoms with Crippen molar-refractivity contribution in [3.8, 4) is 0 Å². The molecular weight excluding hydrogens is 1010 g/mol. The van der Waals surface area contributed by atoms with Crippen LogP contribution in [0.1, 0.15) is 157 Å². The summed E-state index contributed by atoms with van der Waals surface area (Å²) in [7, 11) is 0. The summed E-state index contributed by atoms with van der Waals surface area (Å²) >= 11 is 54.5. The van der Waals surface area contributed by atoms with E-state index in [1.54, 1.807) is 0 Å². The van der Waals surface area contributed by atoms with Gasteiger partial charge < -0.3 is 178 Å². The van der Waals surface area contributed by atoms with Gasteiger partial charge in [0.2, 0.25) is 0 Å². The van der Waals surface area contributed by atoms with Gasteiger partial charge in [-0.15, -0.1) is 0 Å². The molecule has 0 rings (SSSR count). The number of thiocarbonyl (C=S) groups is 6. The Hall–Kier alpha value is 1.35. The average Bonchev–Trinajstić information content (AvgIpc) is 3.10. The van der Waals surface area contributed by atoms with Crippen LogP contribution in [0.25, 0.3) is 0 Å². The van der Waals surface area contributed by atoms with Crippen LogP contribution in [0.2, 0.25) is 0 Å². The van der Waals surface area contributed by atoms with Gasteiger partial charge in [-0.2, -0.15) is 0 Å². The minimum atomic E-state index is 0. The van der Waals surface area contributed by atoms with Crippen LogP contribution in [0.4, 0.5) is 0 Å². The first-order chi connectivity index (χ1) is 25.6. The molecule has 55 heavy (non-hydrogen) atoms. The van der Waals surface area contributed by atoms with Gasteiger partial charge in [-0.3, -0.25) is 0 Å². The standard InChI is InChI=1S/6C6H12OS2.Mo/c6*1-2-3-4-5-7-6(8)9;/h6*2-5H2,1H3,(H,8,9);/q;;;;;;+6/p-6.